The molecule has 0 amide bonds. The summed E-state index contributed by atoms with van der Waals surface area (Å²) < 4.78 is 38.1. The van der Waals surface area contributed by atoms with Crippen LogP contribution < -0.4 is 5.32 Å². The van der Waals surface area contributed by atoms with Crippen LogP contribution in [0.4, 0.5) is 13.2 Å². The van der Waals surface area contributed by atoms with Gasteiger partial charge < -0.3 is 5.32 Å². The fourth-order valence-corrected chi connectivity index (χ4v) is 3.31. The lowest BCUT2D eigenvalue weighted by atomic mass is 10.1. The highest BCUT2D eigenvalue weighted by Crippen LogP contribution is 2.29. The maximum Gasteiger partial charge on any atom is 0.416 e. The minimum Gasteiger partial charge on any atom is -0.306 e. The summed E-state index contributed by atoms with van der Waals surface area (Å²) in [4.78, 5) is 5.46. The smallest absolute Gasteiger partial charge is 0.306 e. The van der Waals surface area contributed by atoms with E-state index < -0.39 is 11.7 Å². The van der Waals surface area contributed by atoms with Crippen molar-refractivity contribution in [3.05, 3.63) is 76.4 Å². The average Bonchev–Trinajstić information content (AvgIpc) is 3.04. The lowest BCUT2D eigenvalue weighted by Crippen LogP contribution is -2.13. The van der Waals surface area contributed by atoms with Gasteiger partial charge in [-0.05, 0) is 24.1 Å². The number of benzene rings is 2. The molecule has 0 bridgehead atoms. The van der Waals surface area contributed by atoms with Crippen LogP contribution in [0.15, 0.2) is 54.7 Å². The molecule has 1 heterocycles. The second-order valence-electron chi connectivity index (χ2n) is 5.79. The van der Waals surface area contributed by atoms with Crippen LogP contribution in [0.2, 0.25) is 0 Å². The van der Waals surface area contributed by atoms with E-state index >= 15 is 0 Å². The number of rotatable bonds is 5. The number of aryl methyl sites for hydroxylation is 1. The maximum atomic E-state index is 12.7. The van der Waals surface area contributed by atoms with Gasteiger partial charge in [-0.15, -0.1) is 11.3 Å². The van der Waals surface area contributed by atoms with Crippen LogP contribution in [0, 0.1) is 6.92 Å². The molecular formula is C19H17F3N2S. The molecule has 2 aromatic carbocycles. The summed E-state index contributed by atoms with van der Waals surface area (Å²) in [5.41, 5.74) is 2.30. The molecule has 0 aliphatic rings. The molecule has 130 valence electrons. The lowest BCUT2D eigenvalue weighted by molar-refractivity contribution is -0.137. The van der Waals surface area contributed by atoms with E-state index in [4.69, 9.17) is 0 Å². The molecule has 0 fully saturated rings. The largest absolute Gasteiger partial charge is 0.416 e. The van der Waals surface area contributed by atoms with Crippen molar-refractivity contribution in [1.82, 2.24) is 10.3 Å². The molecule has 1 aromatic heterocycles. The van der Waals surface area contributed by atoms with E-state index in [0.717, 1.165) is 21.5 Å². The van der Waals surface area contributed by atoms with E-state index in [0.29, 0.717) is 18.7 Å². The van der Waals surface area contributed by atoms with Gasteiger partial charge in [0, 0.05) is 19.3 Å². The molecule has 0 saturated heterocycles. The number of nitrogens with zero attached hydrogens (tertiary/aromatic N) is 1. The van der Waals surface area contributed by atoms with E-state index in [9.17, 15) is 13.2 Å². The van der Waals surface area contributed by atoms with Crippen LogP contribution in [-0.4, -0.2) is 4.98 Å². The van der Waals surface area contributed by atoms with Crippen molar-refractivity contribution in [3.63, 3.8) is 0 Å². The Bertz CT molecular complexity index is 838. The van der Waals surface area contributed by atoms with E-state index in [1.165, 1.54) is 17.7 Å². The summed E-state index contributed by atoms with van der Waals surface area (Å²) in [5.74, 6) is 0. The molecule has 0 aliphatic heterocycles. The first-order valence-electron chi connectivity index (χ1n) is 7.80. The maximum absolute atomic E-state index is 12.7. The minimum absolute atomic E-state index is 0.364. The highest BCUT2D eigenvalue weighted by atomic mass is 32.1. The Morgan fingerprint density at radius 2 is 1.80 bits per heavy atom. The summed E-state index contributed by atoms with van der Waals surface area (Å²) in [6.45, 7) is 2.93. The third-order valence-electron chi connectivity index (χ3n) is 3.75. The zero-order chi connectivity index (χ0) is 17.9. The first kappa shape index (κ1) is 17.6. The van der Waals surface area contributed by atoms with Gasteiger partial charge in [0.25, 0.3) is 0 Å². The molecule has 3 aromatic rings. The van der Waals surface area contributed by atoms with Gasteiger partial charge in [0.05, 0.1) is 10.4 Å². The van der Waals surface area contributed by atoms with Crippen LogP contribution in [0.5, 0.6) is 0 Å². The Kier molecular flexibility index (Phi) is 5.20. The average molecular weight is 362 g/mol. The summed E-state index contributed by atoms with van der Waals surface area (Å²) in [7, 11) is 0. The predicted molar refractivity (Wildman–Crippen MR) is 94.3 cm³/mol. The number of aromatic nitrogens is 1. The Morgan fingerprint density at radius 3 is 2.52 bits per heavy atom. The van der Waals surface area contributed by atoms with E-state index in [-0.39, 0.29) is 0 Å². The summed E-state index contributed by atoms with van der Waals surface area (Å²) in [6.07, 6.45) is -2.48. The molecule has 0 aliphatic carbocycles. The molecule has 0 spiro atoms. The molecule has 3 rings (SSSR count). The van der Waals surface area contributed by atoms with Gasteiger partial charge in [-0.1, -0.05) is 48.0 Å². The molecule has 0 saturated carbocycles. The number of hydrogen-bond donors (Lipinski definition) is 1. The van der Waals surface area contributed by atoms with Crippen LogP contribution in [0.1, 0.15) is 21.7 Å². The van der Waals surface area contributed by atoms with Gasteiger partial charge >= 0.3 is 6.18 Å². The van der Waals surface area contributed by atoms with Crippen molar-refractivity contribution >= 4 is 11.3 Å². The van der Waals surface area contributed by atoms with Gasteiger partial charge in [-0.3, -0.25) is 0 Å². The second kappa shape index (κ2) is 7.37. The lowest BCUT2D eigenvalue weighted by Gasteiger charge is -2.09. The van der Waals surface area contributed by atoms with Crippen molar-refractivity contribution in [1.29, 1.82) is 0 Å². The van der Waals surface area contributed by atoms with Crippen LogP contribution in [0.3, 0.4) is 0 Å². The first-order valence-corrected chi connectivity index (χ1v) is 8.62. The molecule has 0 atom stereocenters. The molecule has 0 radical (unpaired) electrons. The number of nitrogens with one attached hydrogen (secondary N) is 1. The van der Waals surface area contributed by atoms with Gasteiger partial charge in [0.2, 0.25) is 0 Å². The Morgan fingerprint density at radius 1 is 1.04 bits per heavy atom. The first-order chi connectivity index (χ1) is 11.9. The standard InChI is InChI=1S/C19H17F3N2S/c1-13-5-7-15(8-6-13)17-11-24-18(25-17)12-23-10-14-3-2-4-16(9-14)19(20,21)22/h2-9,11,23H,10,12H2,1H3. The van der Waals surface area contributed by atoms with E-state index in [1.807, 2.05) is 13.1 Å². The third kappa shape index (κ3) is 4.67. The summed E-state index contributed by atoms with van der Waals surface area (Å²) in [6, 6.07) is 13.6. The molecule has 6 heteroatoms. The fraction of sp³-hybridized carbons (Fsp3) is 0.211. The van der Waals surface area contributed by atoms with Crippen molar-refractivity contribution in [3.8, 4) is 10.4 Å². The topological polar surface area (TPSA) is 24.9 Å². The number of thiazole rings is 1. The van der Waals surface area contributed by atoms with Gasteiger partial charge in [-0.2, -0.15) is 13.2 Å². The van der Waals surface area contributed by atoms with Crippen LogP contribution >= 0.6 is 11.3 Å². The predicted octanol–water partition coefficient (Wildman–Crippen LogP) is 5.43. The highest BCUT2D eigenvalue weighted by Gasteiger charge is 2.30. The van der Waals surface area contributed by atoms with E-state index in [1.54, 1.807) is 17.4 Å². The van der Waals surface area contributed by atoms with Crippen LogP contribution in [0.25, 0.3) is 10.4 Å². The zero-order valence-electron chi connectivity index (χ0n) is 13.6. The highest BCUT2D eigenvalue weighted by molar-refractivity contribution is 7.15. The minimum atomic E-state index is -4.31. The number of alkyl halides is 3. The number of halogens is 3. The van der Waals surface area contributed by atoms with Crippen LogP contribution in [-0.2, 0) is 19.3 Å². The van der Waals surface area contributed by atoms with Gasteiger partial charge in [0.15, 0.2) is 0 Å². The fourth-order valence-electron chi connectivity index (χ4n) is 2.41. The molecule has 0 unspecified atom stereocenters. The normalized spacial score (nSPS) is 11.7. The molecule has 1 N–H and O–H groups in total. The zero-order valence-corrected chi connectivity index (χ0v) is 14.4. The SMILES string of the molecule is Cc1ccc(-c2cnc(CNCc3cccc(C(F)(F)F)c3)s2)cc1. The van der Waals surface area contributed by atoms with E-state index in [2.05, 4.69) is 34.6 Å². The Hall–Kier alpha value is -2.18. The second-order valence-corrected chi connectivity index (χ2v) is 6.90. The van der Waals surface area contributed by atoms with Gasteiger partial charge in [-0.25, -0.2) is 4.98 Å². The summed E-state index contributed by atoms with van der Waals surface area (Å²) in [5, 5.41) is 4.06. The van der Waals surface area contributed by atoms with Crippen molar-refractivity contribution in [2.45, 2.75) is 26.2 Å². The van der Waals surface area contributed by atoms with Crippen molar-refractivity contribution in [2.75, 3.05) is 0 Å². The molecule has 2 nitrogen and oxygen atoms in total. The summed E-state index contributed by atoms with van der Waals surface area (Å²) >= 11 is 1.58. The Balaban J connectivity index is 1.59. The third-order valence-corrected chi connectivity index (χ3v) is 4.80. The quantitative estimate of drug-likeness (QED) is 0.655. The number of hydrogen-bond acceptors (Lipinski definition) is 3. The van der Waals surface area contributed by atoms with Crippen molar-refractivity contribution < 1.29 is 13.2 Å². The molecule has 25 heavy (non-hydrogen) atoms. The van der Waals surface area contributed by atoms with Gasteiger partial charge in [0.1, 0.15) is 5.01 Å². The Labute approximate surface area is 148 Å². The molecular weight excluding hydrogens is 345 g/mol. The van der Waals surface area contributed by atoms with Crippen molar-refractivity contribution in [2.24, 2.45) is 0 Å². The monoisotopic (exact) mass is 362 g/mol.